The van der Waals surface area contributed by atoms with Crippen molar-refractivity contribution in [1.82, 2.24) is 4.98 Å². The number of benzene rings is 1. The van der Waals surface area contributed by atoms with Gasteiger partial charge in [-0.15, -0.1) is 0 Å². The average molecular weight is 381 g/mol. The summed E-state index contributed by atoms with van der Waals surface area (Å²) in [4.78, 5) is 16.0. The van der Waals surface area contributed by atoms with Gasteiger partial charge in [-0.05, 0) is 46.3 Å². The number of pyridine rings is 1. The molecule has 0 radical (unpaired) electrons. The van der Waals surface area contributed by atoms with E-state index in [1.807, 2.05) is 6.07 Å². The van der Waals surface area contributed by atoms with Gasteiger partial charge in [-0.25, -0.2) is 4.98 Å². The van der Waals surface area contributed by atoms with Crippen molar-refractivity contribution in [3.63, 3.8) is 0 Å². The van der Waals surface area contributed by atoms with Crippen molar-refractivity contribution in [1.29, 1.82) is 5.26 Å². The number of rotatable bonds is 2. The van der Waals surface area contributed by atoms with Crippen LogP contribution in [0.4, 0.5) is 5.69 Å². The SMILES string of the molecule is N#Cc1ccc(Br)cc1NC(=O)c1ccc(Br)nc1. The number of hydrogen-bond donors (Lipinski definition) is 1. The van der Waals surface area contributed by atoms with Gasteiger partial charge in [0.15, 0.2) is 0 Å². The molecule has 1 aromatic carbocycles. The van der Waals surface area contributed by atoms with Crippen molar-refractivity contribution in [2.45, 2.75) is 0 Å². The Labute approximate surface area is 126 Å². The van der Waals surface area contributed by atoms with Gasteiger partial charge >= 0.3 is 0 Å². The third-order valence-corrected chi connectivity index (χ3v) is 3.30. The molecule has 19 heavy (non-hydrogen) atoms. The predicted molar refractivity (Wildman–Crippen MR) is 78.7 cm³/mol. The topological polar surface area (TPSA) is 65.8 Å². The first-order chi connectivity index (χ1) is 9.10. The van der Waals surface area contributed by atoms with Gasteiger partial charge in [-0.1, -0.05) is 15.9 Å². The molecule has 4 nitrogen and oxygen atoms in total. The summed E-state index contributed by atoms with van der Waals surface area (Å²) in [6, 6.07) is 10.4. The predicted octanol–water partition coefficient (Wildman–Crippen LogP) is 3.73. The van der Waals surface area contributed by atoms with Crippen molar-refractivity contribution >= 4 is 43.5 Å². The number of aromatic nitrogens is 1. The zero-order valence-corrected chi connectivity index (χ0v) is 12.7. The van der Waals surface area contributed by atoms with Gasteiger partial charge in [0, 0.05) is 10.7 Å². The van der Waals surface area contributed by atoms with E-state index in [1.54, 1.807) is 30.3 Å². The van der Waals surface area contributed by atoms with E-state index in [0.29, 0.717) is 21.4 Å². The Morgan fingerprint density at radius 1 is 1.26 bits per heavy atom. The quantitative estimate of drug-likeness (QED) is 0.807. The van der Waals surface area contributed by atoms with E-state index < -0.39 is 0 Å². The van der Waals surface area contributed by atoms with Gasteiger partial charge in [0.05, 0.1) is 16.8 Å². The van der Waals surface area contributed by atoms with E-state index in [9.17, 15) is 4.79 Å². The molecule has 1 aromatic heterocycles. The van der Waals surface area contributed by atoms with Crippen LogP contribution in [0.1, 0.15) is 15.9 Å². The molecule has 0 spiro atoms. The van der Waals surface area contributed by atoms with Crippen LogP contribution in [0.2, 0.25) is 0 Å². The number of carbonyl (C=O) groups is 1. The van der Waals surface area contributed by atoms with Crippen LogP contribution < -0.4 is 5.32 Å². The summed E-state index contributed by atoms with van der Waals surface area (Å²) in [5.41, 5.74) is 1.29. The maximum absolute atomic E-state index is 12.0. The molecule has 0 saturated heterocycles. The van der Waals surface area contributed by atoms with Crippen LogP contribution in [-0.2, 0) is 0 Å². The van der Waals surface area contributed by atoms with Crippen molar-refractivity contribution in [3.05, 3.63) is 56.7 Å². The first kappa shape index (κ1) is 13.7. The maximum Gasteiger partial charge on any atom is 0.257 e. The van der Waals surface area contributed by atoms with Gasteiger partial charge < -0.3 is 5.32 Å². The highest BCUT2D eigenvalue weighted by atomic mass is 79.9. The fourth-order valence-corrected chi connectivity index (χ4v) is 2.02. The van der Waals surface area contributed by atoms with Crippen LogP contribution in [0.3, 0.4) is 0 Å². The molecule has 0 fully saturated rings. The fraction of sp³-hybridized carbons (Fsp3) is 0. The molecule has 6 heteroatoms. The van der Waals surface area contributed by atoms with Gasteiger partial charge in [-0.2, -0.15) is 5.26 Å². The first-order valence-electron chi connectivity index (χ1n) is 5.22. The third kappa shape index (κ3) is 3.40. The minimum Gasteiger partial charge on any atom is -0.321 e. The van der Waals surface area contributed by atoms with E-state index >= 15 is 0 Å². The lowest BCUT2D eigenvalue weighted by atomic mass is 10.2. The first-order valence-corrected chi connectivity index (χ1v) is 6.81. The molecular formula is C13H7Br2N3O. The standard InChI is InChI=1S/C13H7Br2N3O/c14-10-3-1-8(6-16)11(5-10)18-13(19)9-2-4-12(15)17-7-9/h1-5,7H,(H,18,19). The molecule has 0 atom stereocenters. The Morgan fingerprint density at radius 2 is 2.05 bits per heavy atom. The second kappa shape index (κ2) is 5.95. The fourth-order valence-electron chi connectivity index (χ4n) is 1.42. The molecule has 0 aliphatic rings. The average Bonchev–Trinajstić information content (AvgIpc) is 2.39. The van der Waals surface area contributed by atoms with E-state index in [1.165, 1.54) is 6.20 Å². The van der Waals surface area contributed by atoms with Crippen LogP contribution in [0.15, 0.2) is 45.6 Å². The van der Waals surface area contributed by atoms with Crippen molar-refractivity contribution in [3.8, 4) is 6.07 Å². The summed E-state index contributed by atoms with van der Waals surface area (Å²) in [6.45, 7) is 0. The molecule has 0 aliphatic carbocycles. The highest BCUT2D eigenvalue weighted by molar-refractivity contribution is 9.10. The monoisotopic (exact) mass is 379 g/mol. The van der Waals surface area contributed by atoms with E-state index in [-0.39, 0.29) is 5.91 Å². The zero-order chi connectivity index (χ0) is 13.8. The Morgan fingerprint density at radius 3 is 2.68 bits per heavy atom. The second-order valence-corrected chi connectivity index (χ2v) is 5.35. The molecule has 2 rings (SSSR count). The molecule has 0 bridgehead atoms. The number of nitriles is 1. The zero-order valence-electron chi connectivity index (χ0n) is 9.52. The van der Waals surface area contributed by atoms with Crippen LogP contribution in [-0.4, -0.2) is 10.9 Å². The van der Waals surface area contributed by atoms with E-state index in [4.69, 9.17) is 5.26 Å². The Kier molecular flexibility index (Phi) is 4.30. The number of carbonyl (C=O) groups excluding carboxylic acids is 1. The number of nitrogens with zero attached hydrogens (tertiary/aromatic N) is 2. The highest BCUT2D eigenvalue weighted by Crippen LogP contribution is 2.21. The molecule has 0 unspecified atom stereocenters. The molecule has 1 heterocycles. The van der Waals surface area contributed by atoms with Crippen LogP contribution in [0.25, 0.3) is 0 Å². The largest absolute Gasteiger partial charge is 0.321 e. The number of anilines is 1. The second-order valence-electron chi connectivity index (χ2n) is 3.63. The Balaban J connectivity index is 2.26. The van der Waals surface area contributed by atoms with Gasteiger partial charge in [0.1, 0.15) is 10.7 Å². The molecule has 2 aromatic rings. The molecule has 0 aliphatic heterocycles. The Hall–Kier alpha value is -1.71. The third-order valence-electron chi connectivity index (χ3n) is 2.34. The van der Waals surface area contributed by atoms with Crippen molar-refractivity contribution in [2.24, 2.45) is 0 Å². The summed E-state index contributed by atoms with van der Waals surface area (Å²) in [6.07, 6.45) is 1.46. The molecule has 1 N–H and O–H groups in total. The normalized spacial score (nSPS) is 9.74. The minimum absolute atomic E-state index is 0.311. The lowest BCUT2D eigenvalue weighted by Gasteiger charge is -2.07. The smallest absolute Gasteiger partial charge is 0.257 e. The minimum atomic E-state index is -0.311. The van der Waals surface area contributed by atoms with Crippen molar-refractivity contribution < 1.29 is 4.79 Å². The van der Waals surface area contributed by atoms with Gasteiger partial charge in [0.2, 0.25) is 0 Å². The molecule has 1 amide bonds. The van der Waals surface area contributed by atoms with Gasteiger partial charge in [0.25, 0.3) is 5.91 Å². The molecule has 94 valence electrons. The Bertz CT molecular complexity index is 663. The summed E-state index contributed by atoms with van der Waals surface area (Å²) in [5, 5.41) is 11.7. The highest BCUT2D eigenvalue weighted by Gasteiger charge is 2.10. The van der Waals surface area contributed by atoms with Crippen LogP contribution in [0, 0.1) is 11.3 Å². The van der Waals surface area contributed by atoms with Crippen LogP contribution >= 0.6 is 31.9 Å². The molecule has 0 saturated carbocycles. The summed E-state index contributed by atoms with van der Waals surface area (Å²) in [7, 11) is 0. The number of halogens is 2. The number of hydrogen-bond acceptors (Lipinski definition) is 3. The number of nitrogens with one attached hydrogen (secondary N) is 1. The van der Waals surface area contributed by atoms with Gasteiger partial charge in [-0.3, -0.25) is 4.79 Å². The maximum atomic E-state index is 12.0. The number of amides is 1. The lowest BCUT2D eigenvalue weighted by Crippen LogP contribution is -2.13. The van der Waals surface area contributed by atoms with Crippen LogP contribution in [0.5, 0.6) is 0 Å². The summed E-state index contributed by atoms with van der Waals surface area (Å²) in [5.74, 6) is -0.311. The van der Waals surface area contributed by atoms with E-state index in [2.05, 4.69) is 42.2 Å². The summed E-state index contributed by atoms with van der Waals surface area (Å²) >= 11 is 6.50. The molecular weight excluding hydrogens is 374 g/mol. The lowest BCUT2D eigenvalue weighted by molar-refractivity contribution is 0.102. The van der Waals surface area contributed by atoms with Crippen molar-refractivity contribution in [2.75, 3.05) is 5.32 Å². The summed E-state index contributed by atoms with van der Waals surface area (Å²) < 4.78 is 1.44. The van der Waals surface area contributed by atoms with E-state index in [0.717, 1.165) is 4.47 Å².